The molecule has 1 N–H and O–H groups in total. The Kier molecular flexibility index (Phi) is 6.57. The van der Waals surface area contributed by atoms with Gasteiger partial charge in [-0.2, -0.15) is 16.9 Å². The molecule has 1 aromatic heterocycles. The van der Waals surface area contributed by atoms with Gasteiger partial charge in [0.15, 0.2) is 0 Å². The molecule has 0 amide bonds. The van der Waals surface area contributed by atoms with E-state index in [1.54, 1.807) is 0 Å². The Morgan fingerprint density at radius 3 is 2.81 bits per heavy atom. The standard InChI is InChI=1S/C12H23N3S/c1-4-7-16-10-12(13-5-2)11-8-14-15(6-3)9-11/h8-9,12-13H,4-7,10H2,1-3H3. The van der Waals surface area contributed by atoms with Crippen molar-refractivity contribution in [3.8, 4) is 0 Å². The van der Waals surface area contributed by atoms with Gasteiger partial charge in [0, 0.05) is 30.1 Å². The van der Waals surface area contributed by atoms with Gasteiger partial charge in [0.25, 0.3) is 0 Å². The summed E-state index contributed by atoms with van der Waals surface area (Å²) in [6, 6.07) is 0.446. The van der Waals surface area contributed by atoms with E-state index in [2.05, 4.69) is 37.4 Å². The number of thioether (sulfide) groups is 1. The molecule has 0 radical (unpaired) electrons. The summed E-state index contributed by atoms with van der Waals surface area (Å²) in [5, 5.41) is 7.85. The molecular weight excluding hydrogens is 218 g/mol. The number of nitrogens with zero attached hydrogens (tertiary/aromatic N) is 2. The molecule has 1 heterocycles. The van der Waals surface area contributed by atoms with E-state index >= 15 is 0 Å². The highest BCUT2D eigenvalue weighted by Crippen LogP contribution is 2.18. The van der Waals surface area contributed by atoms with Gasteiger partial charge < -0.3 is 5.32 Å². The smallest absolute Gasteiger partial charge is 0.0537 e. The van der Waals surface area contributed by atoms with E-state index in [0.717, 1.165) is 18.8 Å². The minimum Gasteiger partial charge on any atom is -0.309 e. The Labute approximate surface area is 103 Å². The fourth-order valence-electron chi connectivity index (χ4n) is 1.60. The lowest BCUT2D eigenvalue weighted by molar-refractivity contribution is 0.602. The molecule has 0 aliphatic rings. The van der Waals surface area contributed by atoms with Crippen LogP contribution >= 0.6 is 11.8 Å². The zero-order valence-electron chi connectivity index (χ0n) is 10.6. The molecule has 1 rings (SSSR count). The lowest BCUT2D eigenvalue weighted by atomic mass is 10.2. The highest BCUT2D eigenvalue weighted by Gasteiger charge is 2.11. The molecule has 16 heavy (non-hydrogen) atoms. The normalized spacial score (nSPS) is 12.9. The van der Waals surface area contributed by atoms with Crippen LogP contribution in [-0.2, 0) is 6.54 Å². The molecular formula is C12H23N3S. The van der Waals surface area contributed by atoms with Crippen LogP contribution < -0.4 is 5.32 Å². The van der Waals surface area contributed by atoms with Crippen molar-refractivity contribution in [2.45, 2.75) is 39.8 Å². The maximum atomic E-state index is 4.33. The molecule has 0 spiro atoms. The second-order valence-electron chi connectivity index (χ2n) is 3.81. The van der Waals surface area contributed by atoms with Crippen LogP contribution in [0.1, 0.15) is 38.8 Å². The molecule has 1 atom stereocenters. The number of rotatable bonds is 8. The molecule has 3 nitrogen and oxygen atoms in total. The number of nitrogens with one attached hydrogen (secondary N) is 1. The molecule has 0 saturated heterocycles. The van der Waals surface area contributed by atoms with Gasteiger partial charge in [-0.25, -0.2) is 0 Å². The van der Waals surface area contributed by atoms with Crippen LogP contribution in [0.25, 0.3) is 0 Å². The lowest BCUT2D eigenvalue weighted by Gasteiger charge is -2.15. The summed E-state index contributed by atoms with van der Waals surface area (Å²) in [4.78, 5) is 0. The fourth-order valence-corrected chi connectivity index (χ4v) is 2.60. The molecule has 0 bridgehead atoms. The molecule has 4 heteroatoms. The largest absolute Gasteiger partial charge is 0.309 e. The van der Waals surface area contributed by atoms with Crippen molar-refractivity contribution >= 4 is 11.8 Å². The van der Waals surface area contributed by atoms with Crippen LogP contribution in [0, 0.1) is 0 Å². The number of aromatic nitrogens is 2. The van der Waals surface area contributed by atoms with E-state index in [0.29, 0.717) is 6.04 Å². The van der Waals surface area contributed by atoms with Crippen LogP contribution in [0.4, 0.5) is 0 Å². The highest BCUT2D eigenvalue weighted by molar-refractivity contribution is 7.99. The van der Waals surface area contributed by atoms with Gasteiger partial charge in [0.2, 0.25) is 0 Å². The third-order valence-corrected chi connectivity index (χ3v) is 3.73. The Morgan fingerprint density at radius 2 is 2.25 bits per heavy atom. The maximum Gasteiger partial charge on any atom is 0.0537 e. The molecule has 0 aliphatic heterocycles. The van der Waals surface area contributed by atoms with Crippen LogP contribution in [0.15, 0.2) is 12.4 Å². The molecule has 1 aromatic rings. The molecule has 0 aliphatic carbocycles. The van der Waals surface area contributed by atoms with Crippen molar-refractivity contribution in [1.29, 1.82) is 0 Å². The van der Waals surface area contributed by atoms with Crippen molar-refractivity contribution in [1.82, 2.24) is 15.1 Å². The summed E-state index contributed by atoms with van der Waals surface area (Å²) in [6.45, 7) is 8.45. The van der Waals surface area contributed by atoms with Gasteiger partial charge in [-0.1, -0.05) is 13.8 Å². The number of hydrogen-bond acceptors (Lipinski definition) is 3. The van der Waals surface area contributed by atoms with E-state index in [1.807, 2.05) is 22.6 Å². The van der Waals surface area contributed by atoms with Crippen molar-refractivity contribution in [3.63, 3.8) is 0 Å². The first-order chi connectivity index (χ1) is 7.81. The second-order valence-corrected chi connectivity index (χ2v) is 4.96. The lowest BCUT2D eigenvalue weighted by Crippen LogP contribution is -2.22. The Morgan fingerprint density at radius 1 is 1.44 bits per heavy atom. The third kappa shape index (κ3) is 4.18. The first-order valence-electron chi connectivity index (χ1n) is 6.15. The van der Waals surface area contributed by atoms with E-state index < -0.39 is 0 Å². The zero-order valence-corrected chi connectivity index (χ0v) is 11.4. The SMILES string of the molecule is CCCSCC(NCC)c1cnn(CC)c1. The van der Waals surface area contributed by atoms with Crippen LogP contribution in [0.3, 0.4) is 0 Å². The minimum absolute atomic E-state index is 0.446. The van der Waals surface area contributed by atoms with Crippen LogP contribution in [0.2, 0.25) is 0 Å². The van der Waals surface area contributed by atoms with Crippen molar-refractivity contribution < 1.29 is 0 Å². The molecule has 92 valence electrons. The van der Waals surface area contributed by atoms with Gasteiger partial charge in [0.05, 0.1) is 6.20 Å². The summed E-state index contributed by atoms with van der Waals surface area (Å²) < 4.78 is 1.99. The average molecular weight is 241 g/mol. The Balaban J connectivity index is 2.54. The number of aryl methyl sites for hydroxylation is 1. The van der Waals surface area contributed by atoms with Crippen molar-refractivity contribution in [2.75, 3.05) is 18.1 Å². The van der Waals surface area contributed by atoms with Gasteiger partial charge in [0.1, 0.15) is 0 Å². The number of hydrogen-bond donors (Lipinski definition) is 1. The predicted molar refractivity (Wildman–Crippen MR) is 71.9 cm³/mol. The van der Waals surface area contributed by atoms with Crippen molar-refractivity contribution in [2.24, 2.45) is 0 Å². The average Bonchev–Trinajstić information content (AvgIpc) is 2.76. The summed E-state index contributed by atoms with van der Waals surface area (Å²) in [7, 11) is 0. The monoisotopic (exact) mass is 241 g/mol. The van der Waals surface area contributed by atoms with Gasteiger partial charge in [-0.05, 0) is 25.6 Å². The van der Waals surface area contributed by atoms with E-state index in [1.165, 1.54) is 17.7 Å². The first kappa shape index (κ1) is 13.6. The fraction of sp³-hybridized carbons (Fsp3) is 0.750. The highest BCUT2D eigenvalue weighted by atomic mass is 32.2. The zero-order chi connectivity index (χ0) is 11.8. The topological polar surface area (TPSA) is 29.9 Å². The summed E-state index contributed by atoms with van der Waals surface area (Å²) >= 11 is 2.01. The minimum atomic E-state index is 0.446. The van der Waals surface area contributed by atoms with E-state index in [-0.39, 0.29) is 0 Å². The molecule has 0 aromatic carbocycles. The Bertz CT molecular complexity index is 286. The van der Waals surface area contributed by atoms with Crippen LogP contribution in [-0.4, -0.2) is 27.8 Å². The summed E-state index contributed by atoms with van der Waals surface area (Å²) in [5.74, 6) is 2.38. The quantitative estimate of drug-likeness (QED) is 0.710. The van der Waals surface area contributed by atoms with Crippen LogP contribution in [0.5, 0.6) is 0 Å². The summed E-state index contributed by atoms with van der Waals surface area (Å²) in [6.07, 6.45) is 5.39. The van der Waals surface area contributed by atoms with Crippen molar-refractivity contribution in [3.05, 3.63) is 18.0 Å². The summed E-state index contributed by atoms with van der Waals surface area (Å²) in [5.41, 5.74) is 1.31. The predicted octanol–water partition coefficient (Wildman–Crippen LogP) is 2.70. The van der Waals surface area contributed by atoms with Gasteiger partial charge >= 0.3 is 0 Å². The molecule has 0 saturated carbocycles. The third-order valence-electron chi connectivity index (χ3n) is 2.46. The molecule has 0 fully saturated rings. The maximum absolute atomic E-state index is 4.33. The second kappa shape index (κ2) is 7.74. The Hall–Kier alpha value is -0.480. The van der Waals surface area contributed by atoms with Gasteiger partial charge in [-0.3, -0.25) is 4.68 Å². The first-order valence-corrected chi connectivity index (χ1v) is 7.30. The van der Waals surface area contributed by atoms with E-state index in [4.69, 9.17) is 0 Å². The molecule has 1 unspecified atom stereocenters. The van der Waals surface area contributed by atoms with Gasteiger partial charge in [-0.15, -0.1) is 0 Å². The van der Waals surface area contributed by atoms with E-state index in [9.17, 15) is 0 Å².